The smallest absolute Gasteiger partial charge is 0.244 e. The summed E-state index contributed by atoms with van der Waals surface area (Å²) >= 11 is 18.6. The Hall–Kier alpha value is -2.20. The Morgan fingerprint density at radius 1 is 1.05 bits per heavy atom. The molecular weight excluding hydrogens is 561 g/mol. The Balaban J connectivity index is 2.47. The average Bonchev–Trinajstić information content (AvgIpc) is 2.83. The molecule has 1 atom stereocenters. The minimum Gasteiger partial charge on any atom is -0.495 e. The standard InChI is InChI=1S/C25H32Cl3N3O5S/c1-5-7-12-29-25(33)22(6-2)30(15-17-8-9-18(26)13-20(17)27)24(32)16-31(37(4,34)35)19-10-11-23(36-3)21(28)14-19/h8-11,13-14,22H,5-7,12,15-16H2,1-4H3,(H,29,33)/t22-/m1/s1. The fourth-order valence-electron chi connectivity index (χ4n) is 3.68. The van der Waals surface area contributed by atoms with Gasteiger partial charge in [-0.15, -0.1) is 0 Å². The van der Waals surface area contributed by atoms with Crippen LogP contribution in [0.15, 0.2) is 36.4 Å². The molecule has 2 amide bonds. The monoisotopic (exact) mass is 591 g/mol. The van der Waals surface area contributed by atoms with Crippen LogP contribution in [0, 0.1) is 0 Å². The second kappa shape index (κ2) is 14.1. The number of carbonyl (C=O) groups is 2. The highest BCUT2D eigenvalue weighted by molar-refractivity contribution is 7.92. The Bertz CT molecular complexity index is 1210. The van der Waals surface area contributed by atoms with Gasteiger partial charge in [0.2, 0.25) is 21.8 Å². The van der Waals surface area contributed by atoms with Crippen LogP contribution in [0.1, 0.15) is 38.7 Å². The van der Waals surface area contributed by atoms with Crippen LogP contribution in [0.2, 0.25) is 15.1 Å². The first-order chi connectivity index (χ1) is 17.4. The first-order valence-electron chi connectivity index (χ1n) is 11.7. The van der Waals surface area contributed by atoms with E-state index in [2.05, 4.69) is 5.32 Å². The van der Waals surface area contributed by atoms with E-state index in [4.69, 9.17) is 39.5 Å². The summed E-state index contributed by atoms with van der Waals surface area (Å²) < 4.78 is 31.5. The number of methoxy groups -OCH3 is 1. The lowest BCUT2D eigenvalue weighted by atomic mass is 10.1. The molecular formula is C25H32Cl3N3O5S. The van der Waals surface area contributed by atoms with E-state index in [1.807, 2.05) is 6.92 Å². The zero-order chi connectivity index (χ0) is 27.8. The van der Waals surface area contributed by atoms with Crippen LogP contribution in [0.4, 0.5) is 5.69 Å². The highest BCUT2D eigenvalue weighted by Gasteiger charge is 2.32. The van der Waals surface area contributed by atoms with E-state index in [-0.39, 0.29) is 23.2 Å². The zero-order valence-corrected chi connectivity index (χ0v) is 24.3. The van der Waals surface area contributed by atoms with Gasteiger partial charge in [-0.05, 0) is 48.7 Å². The quantitative estimate of drug-likeness (QED) is 0.325. The summed E-state index contributed by atoms with van der Waals surface area (Å²) in [5, 5.41) is 3.81. The van der Waals surface area contributed by atoms with E-state index in [9.17, 15) is 18.0 Å². The lowest BCUT2D eigenvalue weighted by molar-refractivity contribution is -0.140. The van der Waals surface area contributed by atoms with Crippen molar-refractivity contribution in [1.29, 1.82) is 0 Å². The van der Waals surface area contributed by atoms with Crippen molar-refractivity contribution in [3.63, 3.8) is 0 Å². The third-order valence-corrected chi connectivity index (χ3v) is 7.70. The number of unbranched alkanes of at least 4 members (excludes halogenated alkanes) is 1. The van der Waals surface area contributed by atoms with Gasteiger partial charge >= 0.3 is 0 Å². The third kappa shape index (κ3) is 8.67. The molecule has 0 saturated heterocycles. The molecule has 0 aromatic heterocycles. The van der Waals surface area contributed by atoms with Gasteiger partial charge in [0, 0.05) is 23.1 Å². The number of nitrogens with zero attached hydrogens (tertiary/aromatic N) is 2. The average molecular weight is 593 g/mol. The number of sulfonamides is 1. The normalized spacial score (nSPS) is 12.1. The van der Waals surface area contributed by atoms with Gasteiger partial charge in [-0.1, -0.05) is 61.1 Å². The molecule has 8 nitrogen and oxygen atoms in total. The molecule has 2 aromatic rings. The number of ether oxygens (including phenoxy) is 1. The number of hydrogen-bond donors (Lipinski definition) is 1. The van der Waals surface area contributed by atoms with Crippen LogP contribution in [0.25, 0.3) is 0 Å². The molecule has 0 heterocycles. The van der Waals surface area contributed by atoms with E-state index < -0.39 is 28.5 Å². The summed E-state index contributed by atoms with van der Waals surface area (Å²) in [5.41, 5.74) is 0.754. The Kier molecular flexibility index (Phi) is 11.8. The summed E-state index contributed by atoms with van der Waals surface area (Å²) in [6, 6.07) is 8.42. The zero-order valence-electron chi connectivity index (χ0n) is 21.3. The summed E-state index contributed by atoms with van der Waals surface area (Å²) in [4.78, 5) is 28.1. The molecule has 0 bridgehead atoms. The molecule has 0 unspecified atom stereocenters. The maximum atomic E-state index is 13.7. The van der Waals surface area contributed by atoms with Gasteiger partial charge < -0.3 is 15.0 Å². The SMILES string of the molecule is CCCCNC(=O)[C@@H](CC)N(Cc1ccc(Cl)cc1Cl)C(=O)CN(c1ccc(OC)c(Cl)c1)S(C)(=O)=O. The van der Waals surface area contributed by atoms with Crippen LogP contribution in [-0.4, -0.2) is 57.6 Å². The van der Waals surface area contributed by atoms with Gasteiger partial charge in [0.15, 0.2) is 0 Å². The number of nitrogens with one attached hydrogen (secondary N) is 1. The molecule has 1 N–H and O–H groups in total. The molecule has 0 saturated carbocycles. The first-order valence-corrected chi connectivity index (χ1v) is 14.7. The van der Waals surface area contributed by atoms with Crippen LogP contribution >= 0.6 is 34.8 Å². The van der Waals surface area contributed by atoms with Crippen molar-refractivity contribution < 1.29 is 22.7 Å². The van der Waals surface area contributed by atoms with Gasteiger partial charge in [-0.25, -0.2) is 8.42 Å². The largest absolute Gasteiger partial charge is 0.495 e. The van der Waals surface area contributed by atoms with Gasteiger partial charge in [-0.2, -0.15) is 0 Å². The van der Waals surface area contributed by atoms with E-state index in [1.54, 1.807) is 25.1 Å². The van der Waals surface area contributed by atoms with Crippen molar-refractivity contribution in [3.8, 4) is 5.75 Å². The fourth-order valence-corrected chi connectivity index (χ4v) is 5.24. The highest BCUT2D eigenvalue weighted by atomic mass is 35.5. The second-order valence-electron chi connectivity index (χ2n) is 8.41. The lowest BCUT2D eigenvalue weighted by Crippen LogP contribution is -2.52. The molecule has 12 heteroatoms. The second-order valence-corrected chi connectivity index (χ2v) is 11.6. The van der Waals surface area contributed by atoms with Gasteiger partial charge in [0.05, 0.1) is 24.1 Å². The number of amides is 2. The van der Waals surface area contributed by atoms with Gasteiger partial charge in [0.1, 0.15) is 18.3 Å². The summed E-state index contributed by atoms with van der Waals surface area (Å²) in [6.45, 7) is 3.69. The van der Waals surface area contributed by atoms with Gasteiger partial charge in [-0.3, -0.25) is 13.9 Å². The van der Waals surface area contributed by atoms with Crippen molar-refractivity contribution in [2.45, 2.75) is 45.7 Å². The number of hydrogen-bond acceptors (Lipinski definition) is 5. The topological polar surface area (TPSA) is 96.0 Å². The van der Waals surface area contributed by atoms with Crippen molar-refractivity contribution in [2.75, 3.05) is 30.8 Å². The summed E-state index contributed by atoms with van der Waals surface area (Å²) in [5.74, 6) is -0.548. The van der Waals surface area contributed by atoms with E-state index in [0.29, 0.717) is 34.3 Å². The van der Waals surface area contributed by atoms with Crippen LogP contribution < -0.4 is 14.4 Å². The van der Waals surface area contributed by atoms with Gasteiger partial charge in [0.25, 0.3) is 0 Å². The Morgan fingerprint density at radius 2 is 1.76 bits per heavy atom. The molecule has 0 fully saturated rings. The molecule has 0 radical (unpaired) electrons. The van der Waals surface area contributed by atoms with E-state index >= 15 is 0 Å². The van der Waals surface area contributed by atoms with E-state index in [1.165, 1.54) is 30.2 Å². The number of rotatable bonds is 13. The number of anilines is 1. The molecule has 2 aromatic carbocycles. The van der Waals surface area contributed by atoms with Crippen LogP contribution in [-0.2, 0) is 26.2 Å². The lowest BCUT2D eigenvalue weighted by Gasteiger charge is -2.33. The minimum absolute atomic E-state index is 0.0183. The van der Waals surface area contributed by atoms with E-state index in [0.717, 1.165) is 23.4 Å². The fraction of sp³-hybridized carbons (Fsp3) is 0.440. The maximum Gasteiger partial charge on any atom is 0.244 e. The van der Waals surface area contributed by atoms with Crippen LogP contribution in [0.3, 0.4) is 0 Å². The first kappa shape index (κ1) is 31.0. The molecule has 0 aliphatic heterocycles. The molecule has 0 spiro atoms. The van der Waals surface area contributed by atoms with Crippen molar-refractivity contribution in [2.24, 2.45) is 0 Å². The Morgan fingerprint density at radius 3 is 2.30 bits per heavy atom. The predicted octanol–water partition coefficient (Wildman–Crippen LogP) is 5.15. The Labute approximate surface area is 233 Å². The summed E-state index contributed by atoms with van der Waals surface area (Å²) in [7, 11) is -2.46. The molecule has 37 heavy (non-hydrogen) atoms. The predicted molar refractivity (Wildman–Crippen MR) is 149 cm³/mol. The highest BCUT2D eigenvalue weighted by Crippen LogP contribution is 2.30. The van der Waals surface area contributed by atoms with Crippen molar-refractivity contribution >= 4 is 62.3 Å². The molecule has 2 rings (SSSR count). The van der Waals surface area contributed by atoms with Crippen molar-refractivity contribution in [3.05, 3.63) is 57.0 Å². The summed E-state index contributed by atoms with van der Waals surface area (Å²) in [6.07, 6.45) is 2.99. The maximum absolute atomic E-state index is 13.7. The molecule has 0 aliphatic rings. The third-order valence-electron chi connectivity index (χ3n) is 5.67. The number of halogens is 3. The van der Waals surface area contributed by atoms with Crippen molar-refractivity contribution in [1.82, 2.24) is 10.2 Å². The number of benzene rings is 2. The molecule has 204 valence electrons. The minimum atomic E-state index is -3.90. The number of carbonyl (C=O) groups excluding carboxylic acids is 2. The molecule has 0 aliphatic carbocycles. The van der Waals surface area contributed by atoms with Crippen LogP contribution in [0.5, 0.6) is 5.75 Å².